The first-order chi connectivity index (χ1) is 11.0. The van der Waals surface area contributed by atoms with E-state index >= 15 is 0 Å². The highest BCUT2D eigenvalue weighted by molar-refractivity contribution is 6.31. The maximum atomic E-state index is 10.1. The summed E-state index contributed by atoms with van der Waals surface area (Å²) < 4.78 is 5.10. The number of likely N-dealkylation sites (N-methyl/N-ethyl adjacent to an activating group) is 1. The van der Waals surface area contributed by atoms with Crippen LogP contribution in [0, 0.1) is 0 Å². The summed E-state index contributed by atoms with van der Waals surface area (Å²) in [5, 5.41) is 10.8. The fourth-order valence-electron chi connectivity index (χ4n) is 2.34. The highest BCUT2D eigenvalue weighted by Crippen LogP contribution is 2.29. The third-order valence-electron chi connectivity index (χ3n) is 3.65. The fraction of sp³-hybridized carbons (Fsp3) is 0.278. The largest absolute Gasteiger partial charge is 0.504 e. The molecule has 4 nitrogen and oxygen atoms in total. The molecule has 2 rings (SSSR count). The number of hydrogen-bond donors (Lipinski definition) is 1. The van der Waals surface area contributed by atoms with Gasteiger partial charge in [0.1, 0.15) is 0 Å². The van der Waals surface area contributed by atoms with E-state index in [0.29, 0.717) is 17.9 Å². The van der Waals surface area contributed by atoms with Crippen LogP contribution in [0.5, 0.6) is 11.5 Å². The number of hydrogen-bond acceptors (Lipinski definition) is 4. The number of ether oxygens (including phenoxy) is 1. The summed E-state index contributed by atoms with van der Waals surface area (Å²) in [4.78, 5) is 6.55. The number of halogens is 1. The molecule has 122 valence electrons. The number of aromatic hydroxyl groups is 1. The van der Waals surface area contributed by atoms with E-state index in [1.165, 1.54) is 7.11 Å². The quantitative estimate of drug-likeness (QED) is 0.819. The van der Waals surface area contributed by atoms with Gasteiger partial charge < -0.3 is 14.7 Å². The number of nitrogens with zero attached hydrogens (tertiary/aromatic N) is 2. The van der Waals surface area contributed by atoms with Crippen molar-refractivity contribution in [2.45, 2.75) is 6.04 Å². The fourth-order valence-corrected chi connectivity index (χ4v) is 2.61. The van der Waals surface area contributed by atoms with Gasteiger partial charge in [0.05, 0.1) is 19.7 Å². The van der Waals surface area contributed by atoms with Gasteiger partial charge in [-0.25, -0.2) is 0 Å². The van der Waals surface area contributed by atoms with Crippen molar-refractivity contribution in [3.05, 3.63) is 58.6 Å². The summed E-state index contributed by atoms with van der Waals surface area (Å²) in [6.07, 6.45) is 1.66. The third-order valence-corrected chi connectivity index (χ3v) is 3.99. The number of phenolic OH excluding ortho intramolecular Hbond substituents is 1. The van der Waals surface area contributed by atoms with E-state index in [1.807, 2.05) is 44.4 Å². The van der Waals surface area contributed by atoms with Gasteiger partial charge in [-0.3, -0.25) is 4.99 Å². The molecule has 0 fully saturated rings. The molecule has 2 aromatic carbocycles. The molecular weight excluding hydrogens is 312 g/mol. The molecule has 23 heavy (non-hydrogen) atoms. The van der Waals surface area contributed by atoms with Gasteiger partial charge in [-0.1, -0.05) is 35.9 Å². The predicted molar refractivity (Wildman–Crippen MR) is 95.0 cm³/mol. The van der Waals surface area contributed by atoms with Crippen molar-refractivity contribution in [3.8, 4) is 11.5 Å². The number of benzene rings is 2. The zero-order valence-corrected chi connectivity index (χ0v) is 14.3. The van der Waals surface area contributed by atoms with Gasteiger partial charge in [-0.2, -0.15) is 0 Å². The number of methoxy groups -OCH3 is 1. The molecule has 0 radical (unpaired) electrons. The number of para-hydroxylation sites is 1. The predicted octanol–water partition coefficient (Wildman–Crippen LogP) is 3.78. The van der Waals surface area contributed by atoms with Crippen molar-refractivity contribution < 1.29 is 9.84 Å². The first kappa shape index (κ1) is 17.3. The zero-order valence-electron chi connectivity index (χ0n) is 13.5. The molecule has 0 aliphatic heterocycles. The Hall–Kier alpha value is -2.04. The lowest BCUT2D eigenvalue weighted by Crippen LogP contribution is -2.23. The minimum atomic E-state index is 0.0627. The van der Waals surface area contributed by atoms with E-state index in [2.05, 4.69) is 9.89 Å². The summed E-state index contributed by atoms with van der Waals surface area (Å²) in [6, 6.07) is 13.1. The highest BCUT2D eigenvalue weighted by Gasteiger charge is 2.16. The number of aliphatic imine (C=N–C) groups is 1. The van der Waals surface area contributed by atoms with Gasteiger partial charge >= 0.3 is 0 Å². The van der Waals surface area contributed by atoms with Crippen molar-refractivity contribution in [2.24, 2.45) is 4.99 Å². The summed E-state index contributed by atoms with van der Waals surface area (Å²) in [6.45, 7) is 0.535. The van der Waals surface area contributed by atoms with E-state index in [1.54, 1.807) is 18.3 Å². The van der Waals surface area contributed by atoms with Gasteiger partial charge in [0.15, 0.2) is 11.5 Å². The van der Waals surface area contributed by atoms with Crippen LogP contribution in [0.25, 0.3) is 0 Å². The smallest absolute Gasteiger partial charge is 0.166 e. The minimum Gasteiger partial charge on any atom is -0.504 e. The molecule has 0 spiro atoms. The molecule has 0 aliphatic carbocycles. The van der Waals surface area contributed by atoms with Crippen LogP contribution in [0.2, 0.25) is 5.02 Å². The van der Waals surface area contributed by atoms with Crippen LogP contribution in [0.15, 0.2) is 47.5 Å². The average Bonchev–Trinajstić information content (AvgIpc) is 2.53. The van der Waals surface area contributed by atoms with E-state index in [9.17, 15) is 5.11 Å². The maximum Gasteiger partial charge on any atom is 0.166 e. The summed E-state index contributed by atoms with van der Waals surface area (Å²) in [7, 11) is 5.51. The van der Waals surface area contributed by atoms with E-state index < -0.39 is 0 Å². The van der Waals surface area contributed by atoms with Crippen molar-refractivity contribution in [2.75, 3.05) is 27.7 Å². The summed E-state index contributed by atoms with van der Waals surface area (Å²) >= 11 is 6.29. The van der Waals surface area contributed by atoms with Gasteiger partial charge in [-0.05, 0) is 37.9 Å². The van der Waals surface area contributed by atoms with Crippen molar-refractivity contribution >= 4 is 17.8 Å². The zero-order chi connectivity index (χ0) is 16.8. The Kier molecular flexibility index (Phi) is 6.02. The summed E-state index contributed by atoms with van der Waals surface area (Å²) in [5.41, 5.74) is 1.66. The lowest BCUT2D eigenvalue weighted by Gasteiger charge is -2.24. The van der Waals surface area contributed by atoms with Crippen molar-refractivity contribution in [1.29, 1.82) is 0 Å². The lowest BCUT2D eigenvalue weighted by atomic mass is 10.1. The van der Waals surface area contributed by atoms with Gasteiger partial charge in [0.25, 0.3) is 0 Å². The Morgan fingerprint density at radius 2 is 1.96 bits per heavy atom. The Morgan fingerprint density at radius 1 is 1.22 bits per heavy atom. The van der Waals surface area contributed by atoms with Crippen LogP contribution in [0.4, 0.5) is 0 Å². The van der Waals surface area contributed by atoms with Crippen molar-refractivity contribution in [3.63, 3.8) is 0 Å². The molecule has 1 atom stereocenters. The molecule has 1 N–H and O–H groups in total. The molecule has 0 aromatic heterocycles. The number of phenols is 1. The van der Waals surface area contributed by atoms with Crippen LogP contribution in [0.1, 0.15) is 17.2 Å². The van der Waals surface area contributed by atoms with Crippen LogP contribution >= 0.6 is 11.6 Å². The van der Waals surface area contributed by atoms with Crippen LogP contribution in [-0.4, -0.2) is 44.0 Å². The second kappa shape index (κ2) is 7.99. The third kappa shape index (κ3) is 4.24. The van der Waals surface area contributed by atoms with Crippen LogP contribution in [0.3, 0.4) is 0 Å². The average molecular weight is 333 g/mol. The van der Waals surface area contributed by atoms with Gasteiger partial charge in [0, 0.05) is 16.8 Å². The second-order valence-electron chi connectivity index (χ2n) is 5.39. The monoisotopic (exact) mass is 332 g/mol. The first-order valence-electron chi connectivity index (χ1n) is 7.31. The van der Waals surface area contributed by atoms with E-state index in [-0.39, 0.29) is 11.8 Å². The Labute approximate surface area is 142 Å². The molecule has 5 heteroatoms. The lowest BCUT2D eigenvalue weighted by molar-refractivity contribution is 0.307. The molecule has 0 unspecified atom stereocenters. The molecule has 0 saturated carbocycles. The van der Waals surface area contributed by atoms with Gasteiger partial charge in [0.2, 0.25) is 0 Å². The molecular formula is C18H21ClN2O2. The molecule has 0 aliphatic rings. The van der Waals surface area contributed by atoms with E-state index in [0.717, 1.165) is 10.6 Å². The van der Waals surface area contributed by atoms with E-state index in [4.69, 9.17) is 16.3 Å². The summed E-state index contributed by atoms with van der Waals surface area (Å²) in [5.74, 6) is 0.530. The minimum absolute atomic E-state index is 0.0627. The SMILES string of the molecule is COc1cccc(C=NC[C@@H](c2ccccc2Cl)N(C)C)c1O. The van der Waals surface area contributed by atoms with Crippen molar-refractivity contribution in [1.82, 2.24) is 4.90 Å². The standard InChI is InChI=1S/C18H21ClN2O2/c1-21(2)16(14-8-4-5-9-15(14)19)12-20-11-13-7-6-10-17(23-3)18(13)22/h4-11,16,22H,12H2,1-3H3/t16-/m0/s1. The molecule has 0 amide bonds. The Morgan fingerprint density at radius 3 is 2.61 bits per heavy atom. The molecule has 0 saturated heterocycles. The topological polar surface area (TPSA) is 45.1 Å². The Balaban J connectivity index is 2.18. The Bertz CT molecular complexity index is 686. The number of rotatable bonds is 6. The molecule has 2 aromatic rings. The molecule has 0 heterocycles. The first-order valence-corrected chi connectivity index (χ1v) is 7.69. The van der Waals surface area contributed by atoms with Gasteiger partial charge in [-0.15, -0.1) is 0 Å². The second-order valence-corrected chi connectivity index (χ2v) is 5.80. The van der Waals surface area contributed by atoms with Crippen LogP contribution < -0.4 is 4.74 Å². The maximum absolute atomic E-state index is 10.1. The van der Waals surface area contributed by atoms with Crippen LogP contribution in [-0.2, 0) is 0 Å². The highest BCUT2D eigenvalue weighted by atomic mass is 35.5. The molecule has 0 bridgehead atoms. The normalized spacial score (nSPS) is 12.7.